The minimum Gasteiger partial charge on any atom is -0.391 e. The van der Waals surface area contributed by atoms with Crippen molar-refractivity contribution in [1.82, 2.24) is 10.6 Å². The Balaban J connectivity index is 1.93. The molecule has 24 heavy (non-hydrogen) atoms. The van der Waals surface area contributed by atoms with Gasteiger partial charge in [0.1, 0.15) is 0 Å². The van der Waals surface area contributed by atoms with Gasteiger partial charge in [-0.05, 0) is 36.6 Å². The van der Waals surface area contributed by atoms with Crippen LogP contribution < -0.4 is 16.0 Å². The summed E-state index contributed by atoms with van der Waals surface area (Å²) < 4.78 is 0. The van der Waals surface area contributed by atoms with E-state index < -0.39 is 6.10 Å². The summed E-state index contributed by atoms with van der Waals surface area (Å²) in [6, 6.07) is 5.23. The lowest BCUT2D eigenvalue weighted by molar-refractivity contribution is -0.116. The summed E-state index contributed by atoms with van der Waals surface area (Å²) in [4.78, 5) is 24.1. The van der Waals surface area contributed by atoms with E-state index in [0.29, 0.717) is 37.5 Å². The first-order valence-electron chi connectivity index (χ1n) is 8.44. The maximum absolute atomic E-state index is 12.2. The highest BCUT2D eigenvalue weighted by molar-refractivity contribution is 5.96. The maximum Gasteiger partial charge on any atom is 0.251 e. The van der Waals surface area contributed by atoms with Crippen molar-refractivity contribution in [2.45, 2.75) is 33.3 Å². The van der Waals surface area contributed by atoms with E-state index in [1.807, 2.05) is 20.8 Å². The lowest BCUT2D eigenvalue weighted by atomic mass is 10.1. The fraction of sp³-hybridized carbons (Fsp3) is 0.556. The molecular weight excluding hydrogens is 306 g/mol. The molecule has 1 aliphatic heterocycles. The molecule has 2 unspecified atom stereocenters. The molecule has 0 radical (unpaired) electrons. The Morgan fingerprint density at radius 2 is 2.08 bits per heavy atom. The van der Waals surface area contributed by atoms with Gasteiger partial charge in [-0.25, -0.2) is 0 Å². The van der Waals surface area contributed by atoms with Crippen LogP contribution in [0.3, 0.4) is 0 Å². The normalized spacial score (nSPS) is 20.2. The summed E-state index contributed by atoms with van der Waals surface area (Å²) in [6.45, 7) is 7.59. The largest absolute Gasteiger partial charge is 0.391 e. The lowest BCUT2D eigenvalue weighted by Gasteiger charge is -2.15. The number of aliphatic hydroxyl groups excluding tert-OH is 1. The number of carbonyl (C=O) groups is 2. The van der Waals surface area contributed by atoms with Crippen molar-refractivity contribution in [2.75, 3.05) is 25.0 Å². The highest BCUT2D eigenvalue weighted by Gasteiger charge is 2.25. The molecule has 0 spiro atoms. The first-order chi connectivity index (χ1) is 11.4. The third-order valence-corrected chi connectivity index (χ3v) is 4.19. The van der Waals surface area contributed by atoms with Gasteiger partial charge in [-0.3, -0.25) is 9.59 Å². The van der Waals surface area contributed by atoms with Crippen LogP contribution >= 0.6 is 0 Å². The molecule has 4 N–H and O–H groups in total. The van der Waals surface area contributed by atoms with E-state index in [1.165, 1.54) is 0 Å². The summed E-state index contributed by atoms with van der Waals surface area (Å²) >= 11 is 0. The van der Waals surface area contributed by atoms with Crippen molar-refractivity contribution >= 4 is 17.5 Å². The molecule has 0 aromatic heterocycles. The van der Waals surface area contributed by atoms with Crippen LogP contribution in [0.4, 0.5) is 5.69 Å². The number of carbonyl (C=O) groups excluding carboxylic acids is 2. The van der Waals surface area contributed by atoms with Gasteiger partial charge < -0.3 is 21.1 Å². The Labute approximate surface area is 143 Å². The van der Waals surface area contributed by atoms with E-state index >= 15 is 0 Å². The van der Waals surface area contributed by atoms with E-state index in [1.54, 1.807) is 18.2 Å². The van der Waals surface area contributed by atoms with Crippen molar-refractivity contribution in [2.24, 2.45) is 11.8 Å². The molecule has 0 saturated carbocycles. The number of rotatable bonds is 6. The third kappa shape index (κ3) is 5.04. The number of amides is 2. The SMILES string of the molecule is Cc1cc(C(=O)NCC2CNCC2O)ccc1NC(=O)CC(C)C. The third-order valence-electron chi connectivity index (χ3n) is 4.19. The van der Waals surface area contributed by atoms with E-state index in [9.17, 15) is 14.7 Å². The summed E-state index contributed by atoms with van der Waals surface area (Å²) in [7, 11) is 0. The van der Waals surface area contributed by atoms with Crippen LogP contribution in [0.5, 0.6) is 0 Å². The molecule has 0 bridgehead atoms. The van der Waals surface area contributed by atoms with Crippen molar-refractivity contribution in [3.05, 3.63) is 29.3 Å². The molecule has 132 valence electrons. The van der Waals surface area contributed by atoms with Gasteiger partial charge in [0.25, 0.3) is 5.91 Å². The zero-order valence-electron chi connectivity index (χ0n) is 14.6. The van der Waals surface area contributed by atoms with E-state index in [0.717, 1.165) is 11.3 Å². The highest BCUT2D eigenvalue weighted by atomic mass is 16.3. The minimum atomic E-state index is -0.411. The standard InChI is InChI=1S/C18H27N3O3/c1-11(2)6-17(23)21-15-5-4-13(7-12(15)3)18(24)20-9-14-8-19-10-16(14)22/h4-5,7,11,14,16,19,22H,6,8-10H2,1-3H3,(H,20,24)(H,21,23). The molecule has 2 rings (SSSR count). The minimum absolute atomic E-state index is 0.0203. The summed E-state index contributed by atoms with van der Waals surface area (Å²) in [6.07, 6.45) is 0.0602. The number of anilines is 1. The number of nitrogens with one attached hydrogen (secondary N) is 3. The zero-order chi connectivity index (χ0) is 17.7. The van der Waals surface area contributed by atoms with Crippen LogP contribution in [-0.2, 0) is 4.79 Å². The second-order valence-corrected chi connectivity index (χ2v) is 6.87. The second-order valence-electron chi connectivity index (χ2n) is 6.87. The Kier molecular flexibility index (Phi) is 6.34. The van der Waals surface area contributed by atoms with Crippen molar-refractivity contribution in [3.8, 4) is 0 Å². The molecule has 6 heteroatoms. The average molecular weight is 333 g/mol. The lowest BCUT2D eigenvalue weighted by Crippen LogP contribution is -2.34. The second kappa shape index (κ2) is 8.26. The number of aliphatic hydroxyl groups is 1. The van der Waals surface area contributed by atoms with E-state index in [2.05, 4.69) is 16.0 Å². The molecule has 2 atom stereocenters. The first-order valence-corrected chi connectivity index (χ1v) is 8.44. The van der Waals surface area contributed by atoms with Crippen molar-refractivity contribution in [3.63, 3.8) is 0 Å². The number of benzene rings is 1. The number of hydrogen-bond acceptors (Lipinski definition) is 4. The van der Waals surface area contributed by atoms with Crippen LogP contribution in [-0.4, -0.2) is 42.7 Å². The Morgan fingerprint density at radius 1 is 1.33 bits per heavy atom. The highest BCUT2D eigenvalue weighted by Crippen LogP contribution is 2.18. The molecule has 0 aliphatic carbocycles. The van der Waals surface area contributed by atoms with Gasteiger partial charge in [0.05, 0.1) is 6.10 Å². The molecule has 1 aromatic rings. The van der Waals surface area contributed by atoms with Crippen LogP contribution in [0.25, 0.3) is 0 Å². The van der Waals surface area contributed by atoms with Crippen LogP contribution in [0, 0.1) is 18.8 Å². The van der Waals surface area contributed by atoms with E-state index in [-0.39, 0.29) is 17.7 Å². The molecule has 6 nitrogen and oxygen atoms in total. The van der Waals surface area contributed by atoms with Crippen molar-refractivity contribution < 1.29 is 14.7 Å². The molecule has 2 amide bonds. The predicted octanol–water partition coefficient (Wildman–Crippen LogP) is 1.29. The molecule has 1 aromatic carbocycles. The van der Waals surface area contributed by atoms with Gasteiger partial charge in [0.2, 0.25) is 5.91 Å². The molecule has 1 heterocycles. The van der Waals surface area contributed by atoms with Crippen molar-refractivity contribution in [1.29, 1.82) is 0 Å². The summed E-state index contributed by atoms with van der Waals surface area (Å²) in [5, 5.41) is 18.6. The summed E-state index contributed by atoms with van der Waals surface area (Å²) in [5.74, 6) is 0.158. The summed E-state index contributed by atoms with van der Waals surface area (Å²) in [5.41, 5.74) is 2.13. The monoisotopic (exact) mass is 333 g/mol. The van der Waals surface area contributed by atoms with Crippen LogP contribution in [0.1, 0.15) is 36.2 Å². The van der Waals surface area contributed by atoms with Gasteiger partial charge in [0.15, 0.2) is 0 Å². The number of aryl methyl sites for hydroxylation is 1. The Morgan fingerprint density at radius 3 is 2.67 bits per heavy atom. The van der Waals surface area contributed by atoms with Gasteiger partial charge in [0, 0.05) is 43.2 Å². The Hall–Kier alpha value is -1.92. The number of hydrogen-bond donors (Lipinski definition) is 4. The predicted molar refractivity (Wildman–Crippen MR) is 94.0 cm³/mol. The average Bonchev–Trinajstić information content (AvgIpc) is 2.91. The number of β-amino-alcohol motifs (C(OH)–C–C–N with tert-alkyl or cyclic N) is 1. The van der Waals surface area contributed by atoms with Crippen LogP contribution in [0.2, 0.25) is 0 Å². The van der Waals surface area contributed by atoms with Gasteiger partial charge in [-0.2, -0.15) is 0 Å². The van der Waals surface area contributed by atoms with Crippen LogP contribution in [0.15, 0.2) is 18.2 Å². The molecule has 1 saturated heterocycles. The van der Waals surface area contributed by atoms with Gasteiger partial charge in [-0.15, -0.1) is 0 Å². The van der Waals surface area contributed by atoms with Gasteiger partial charge in [-0.1, -0.05) is 13.8 Å². The first kappa shape index (κ1) is 18.4. The quantitative estimate of drug-likeness (QED) is 0.631. The smallest absolute Gasteiger partial charge is 0.251 e. The molecule has 1 fully saturated rings. The topological polar surface area (TPSA) is 90.5 Å². The fourth-order valence-electron chi connectivity index (χ4n) is 2.77. The molecule has 1 aliphatic rings. The Bertz CT molecular complexity index is 601. The fourth-order valence-corrected chi connectivity index (χ4v) is 2.77. The molecular formula is C18H27N3O3. The van der Waals surface area contributed by atoms with E-state index in [4.69, 9.17) is 0 Å². The zero-order valence-corrected chi connectivity index (χ0v) is 14.6. The van der Waals surface area contributed by atoms with Gasteiger partial charge >= 0.3 is 0 Å². The maximum atomic E-state index is 12.2.